The monoisotopic (exact) mass is 459 g/mol. The van der Waals surface area contributed by atoms with Gasteiger partial charge in [-0.2, -0.15) is 0 Å². The SMILES string of the molecule is C=CC1CCCN1C(=O)CNC12CC3CC(C1)CC(Nc1ncc(Br)cn1)(C3)C2. The second kappa shape index (κ2) is 7.34. The van der Waals surface area contributed by atoms with Crippen LogP contribution in [-0.2, 0) is 4.79 Å². The van der Waals surface area contributed by atoms with Crippen molar-refractivity contribution in [2.75, 3.05) is 18.4 Å². The second-order valence-corrected chi connectivity index (χ2v) is 10.7. The van der Waals surface area contributed by atoms with Gasteiger partial charge in [-0.1, -0.05) is 6.08 Å². The molecule has 29 heavy (non-hydrogen) atoms. The van der Waals surface area contributed by atoms with Crippen molar-refractivity contribution in [2.24, 2.45) is 11.8 Å². The number of nitrogens with one attached hydrogen (secondary N) is 2. The zero-order valence-corrected chi connectivity index (χ0v) is 18.5. The molecule has 3 atom stereocenters. The Morgan fingerprint density at radius 3 is 2.62 bits per heavy atom. The van der Waals surface area contributed by atoms with Crippen molar-refractivity contribution in [3.8, 4) is 0 Å². The van der Waals surface area contributed by atoms with Crippen molar-refractivity contribution in [1.29, 1.82) is 0 Å². The van der Waals surface area contributed by atoms with E-state index < -0.39 is 0 Å². The molecule has 7 heteroatoms. The number of anilines is 1. The van der Waals surface area contributed by atoms with Gasteiger partial charge < -0.3 is 15.5 Å². The molecule has 1 aliphatic heterocycles. The molecule has 6 nitrogen and oxygen atoms in total. The van der Waals surface area contributed by atoms with Crippen molar-refractivity contribution in [2.45, 2.75) is 68.5 Å². The summed E-state index contributed by atoms with van der Waals surface area (Å²) in [5.41, 5.74) is 0.108. The van der Waals surface area contributed by atoms with Crippen LogP contribution in [0.15, 0.2) is 29.5 Å². The van der Waals surface area contributed by atoms with Gasteiger partial charge in [0.25, 0.3) is 0 Å². The molecule has 1 amide bonds. The fraction of sp³-hybridized carbons (Fsp3) is 0.682. The summed E-state index contributed by atoms with van der Waals surface area (Å²) in [5, 5.41) is 7.46. The van der Waals surface area contributed by atoms with E-state index >= 15 is 0 Å². The van der Waals surface area contributed by atoms with Gasteiger partial charge in [-0.05, 0) is 79.1 Å². The minimum atomic E-state index is 0.0469. The van der Waals surface area contributed by atoms with Gasteiger partial charge in [0.05, 0.1) is 11.0 Å². The van der Waals surface area contributed by atoms with E-state index in [0.717, 1.165) is 42.1 Å². The summed E-state index contributed by atoms with van der Waals surface area (Å²) < 4.78 is 0.893. The minimum absolute atomic E-state index is 0.0469. The summed E-state index contributed by atoms with van der Waals surface area (Å²) in [7, 11) is 0. The number of carbonyl (C=O) groups is 1. The molecule has 0 radical (unpaired) electrons. The lowest BCUT2D eigenvalue weighted by molar-refractivity contribution is -0.131. The molecule has 4 bridgehead atoms. The van der Waals surface area contributed by atoms with Gasteiger partial charge in [-0.15, -0.1) is 6.58 Å². The molecule has 1 aromatic heterocycles. The first-order valence-electron chi connectivity index (χ1n) is 10.9. The maximum atomic E-state index is 12.9. The highest BCUT2D eigenvalue weighted by Gasteiger charge is 2.58. The number of aromatic nitrogens is 2. The van der Waals surface area contributed by atoms with Gasteiger partial charge in [0.2, 0.25) is 11.9 Å². The van der Waals surface area contributed by atoms with Crippen molar-refractivity contribution in [3.05, 3.63) is 29.5 Å². The van der Waals surface area contributed by atoms with Gasteiger partial charge in [-0.25, -0.2) is 9.97 Å². The van der Waals surface area contributed by atoms with E-state index in [1.54, 1.807) is 12.4 Å². The molecule has 1 aromatic rings. The van der Waals surface area contributed by atoms with Crippen LogP contribution in [0.4, 0.5) is 5.95 Å². The van der Waals surface area contributed by atoms with Crippen molar-refractivity contribution in [1.82, 2.24) is 20.2 Å². The highest BCUT2D eigenvalue weighted by atomic mass is 79.9. The molecule has 156 valence electrons. The summed E-state index contributed by atoms with van der Waals surface area (Å²) in [6.07, 6.45) is 14.8. The number of rotatable bonds is 6. The summed E-state index contributed by atoms with van der Waals surface area (Å²) >= 11 is 3.41. The van der Waals surface area contributed by atoms with Crippen LogP contribution in [0.3, 0.4) is 0 Å². The Morgan fingerprint density at radius 1 is 1.24 bits per heavy atom. The summed E-state index contributed by atoms with van der Waals surface area (Å²) in [6, 6.07) is 0.211. The fourth-order valence-corrected chi connectivity index (χ4v) is 7.15. The Morgan fingerprint density at radius 2 is 1.93 bits per heavy atom. The van der Waals surface area contributed by atoms with Gasteiger partial charge in [0, 0.05) is 36.1 Å². The van der Waals surface area contributed by atoms with Crippen LogP contribution >= 0.6 is 15.9 Å². The normalized spacial score (nSPS) is 37.7. The quantitative estimate of drug-likeness (QED) is 0.636. The Bertz CT molecular complexity index is 783. The molecule has 6 rings (SSSR count). The van der Waals surface area contributed by atoms with E-state index in [9.17, 15) is 4.79 Å². The third kappa shape index (κ3) is 3.72. The van der Waals surface area contributed by atoms with Gasteiger partial charge in [0.1, 0.15) is 0 Å². The zero-order chi connectivity index (χ0) is 20.1. The summed E-state index contributed by atoms with van der Waals surface area (Å²) in [4.78, 5) is 23.8. The van der Waals surface area contributed by atoms with E-state index in [4.69, 9.17) is 0 Å². The third-order valence-corrected chi connectivity index (χ3v) is 7.97. The van der Waals surface area contributed by atoms with Crippen molar-refractivity contribution >= 4 is 27.8 Å². The number of nitrogens with zero attached hydrogens (tertiary/aromatic N) is 3. The molecule has 0 aromatic carbocycles. The predicted molar refractivity (Wildman–Crippen MR) is 116 cm³/mol. The molecule has 1 saturated heterocycles. The number of carbonyl (C=O) groups excluding carboxylic acids is 1. The molecular weight excluding hydrogens is 430 g/mol. The average Bonchev–Trinajstić information content (AvgIpc) is 3.16. The molecular formula is C22H30BrN5O. The Labute approximate surface area is 181 Å². The maximum absolute atomic E-state index is 12.9. The van der Waals surface area contributed by atoms with Gasteiger partial charge >= 0.3 is 0 Å². The Hall–Kier alpha value is -1.47. The fourth-order valence-electron chi connectivity index (χ4n) is 6.94. The predicted octanol–water partition coefficient (Wildman–Crippen LogP) is 3.51. The number of amides is 1. The van der Waals surface area contributed by atoms with E-state index in [2.05, 4.69) is 43.1 Å². The minimum Gasteiger partial charge on any atom is -0.349 e. The lowest BCUT2D eigenvalue weighted by Crippen LogP contribution is -2.67. The third-order valence-electron chi connectivity index (χ3n) is 7.56. The number of hydrogen-bond donors (Lipinski definition) is 2. The smallest absolute Gasteiger partial charge is 0.237 e. The lowest BCUT2D eigenvalue weighted by Gasteiger charge is -2.62. The van der Waals surface area contributed by atoms with E-state index in [1.807, 2.05) is 11.0 Å². The molecule has 0 spiro atoms. The van der Waals surface area contributed by atoms with Crippen molar-refractivity contribution < 1.29 is 4.79 Å². The van der Waals surface area contributed by atoms with Crippen LogP contribution < -0.4 is 10.6 Å². The van der Waals surface area contributed by atoms with E-state index in [0.29, 0.717) is 12.5 Å². The Balaban J connectivity index is 1.29. The molecule has 5 aliphatic rings. The van der Waals surface area contributed by atoms with Crippen LogP contribution in [0, 0.1) is 11.8 Å². The van der Waals surface area contributed by atoms with Crippen molar-refractivity contribution in [3.63, 3.8) is 0 Å². The Kier molecular flexibility index (Phi) is 4.93. The molecule has 5 fully saturated rings. The second-order valence-electron chi connectivity index (χ2n) is 9.76. The highest BCUT2D eigenvalue weighted by molar-refractivity contribution is 9.10. The summed E-state index contributed by atoms with van der Waals surface area (Å²) in [5.74, 6) is 2.37. The van der Waals surface area contributed by atoms with E-state index in [1.165, 1.54) is 32.1 Å². The van der Waals surface area contributed by atoms with Crippen LogP contribution in [-0.4, -0.2) is 51.0 Å². The van der Waals surface area contributed by atoms with Crippen LogP contribution in [0.5, 0.6) is 0 Å². The largest absolute Gasteiger partial charge is 0.349 e. The number of hydrogen-bond acceptors (Lipinski definition) is 5. The first-order chi connectivity index (χ1) is 14.0. The lowest BCUT2D eigenvalue weighted by atomic mass is 9.50. The average molecular weight is 460 g/mol. The molecule has 4 saturated carbocycles. The molecule has 2 heterocycles. The molecule has 4 aliphatic carbocycles. The highest BCUT2D eigenvalue weighted by Crippen LogP contribution is 2.58. The zero-order valence-electron chi connectivity index (χ0n) is 16.9. The number of halogens is 1. The molecule has 3 unspecified atom stereocenters. The van der Waals surface area contributed by atoms with Gasteiger partial charge in [-0.3, -0.25) is 4.79 Å². The van der Waals surface area contributed by atoms with Gasteiger partial charge in [0.15, 0.2) is 0 Å². The van der Waals surface area contributed by atoms with Crippen LogP contribution in [0.1, 0.15) is 51.4 Å². The first-order valence-corrected chi connectivity index (χ1v) is 11.7. The standard InChI is InChI=1S/C22H30BrN5O/c1-2-18-4-3-5-28(18)19(29)13-26-21-7-15-6-16(8-21)10-22(9-15,14-21)27-20-24-11-17(23)12-25-20/h2,11-12,15-16,18,26H,1,3-10,13-14H2,(H,24,25,27). The first kappa shape index (κ1) is 19.5. The van der Waals surface area contributed by atoms with E-state index in [-0.39, 0.29) is 23.0 Å². The molecule has 2 N–H and O–H groups in total. The summed E-state index contributed by atoms with van der Waals surface area (Å²) in [6.45, 7) is 5.21. The van der Waals surface area contributed by atoms with Crippen LogP contribution in [0.25, 0.3) is 0 Å². The van der Waals surface area contributed by atoms with Crippen LogP contribution in [0.2, 0.25) is 0 Å². The topological polar surface area (TPSA) is 70.2 Å². The number of likely N-dealkylation sites (tertiary alicyclic amines) is 1. The maximum Gasteiger partial charge on any atom is 0.237 e.